The Bertz CT molecular complexity index is 311. The Balaban J connectivity index is 3.29. The van der Waals surface area contributed by atoms with Crippen molar-refractivity contribution in [3.8, 4) is 0 Å². The van der Waals surface area contributed by atoms with E-state index >= 15 is 0 Å². The minimum absolute atomic E-state index is 0.0185. The number of pyridine rings is 1. The van der Waals surface area contributed by atoms with Gasteiger partial charge in [0.2, 0.25) is 0 Å². The maximum absolute atomic E-state index is 12.3. The van der Waals surface area contributed by atoms with Crippen molar-refractivity contribution in [1.29, 1.82) is 0 Å². The molecular weight excluding hydrogens is 201 g/mol. The molecule has 1 aromatic rings. The fraction of sp³-hybridized carbons (Fsp3) is 0.286. The third-order valence-corrected chi connectivity index (χ3v) is 2.28. The fourth-order valence-electron chi connectivity index (χ4n) is 0.902. The smallest absolute Gasteiger partial charge is 0.383 e. The maximum Gasteiger partial charge on any atom is 0.417 e. The molecule has 0 amide bonds. The zero-order valence-corrected chi connectivity index (χ0v) is 7.54. The number of hydrogen-bond donors (Lipinski definition) is 1. The van der Waals surface area contributed by atoms with Crippen LogP contribution in [0.1, 0.15) is 5.56 Å². The quantitative estimate of drug-likeness (QED) is 0.720. The van der Waals surface area contributed by atoms with E-state index in [-0.39, 0.29) is 10.7 Å². The molecule has 0 spiro atoms. The van der Waals surface area contributed by atoms with Gasteiger partial charge in [-0.3, -0.25) is 0 Å². The van der Waals surface area contributed by atoms with Gasteiger partial charge in [-0.15, -0.1) is 11.8 Å². The van der Waals surface area contributed by atoms with Crippen LogP contribution >= 0.6 is 11.8 Å². The van der Waals surface area contributed by atoms with Crippen molar-refractivity contribution in [2.75, 3.05) is 12.0 Å². The van der Waals surface area contributed by atoms with Crippen molar-refractivity contribution in [1.82, 2.24) is 4.98 Å². The summed E-state index contributed by atoms with van der Waals surface area (Å²) >= 11 is 0.941. The summed E-state index contributed by atoms with van der Waals surface area (Å²) in [6, 6.07) is 0.919. The zero-order chi connectivity index (χ0) is 10.1. The van der Waals surface area contributed by atoms with Crippen LogP contribution in [0.25, 0.3) is 0 Å². The summed E-state index contributed by atoms with van der Waals surface area (Å²) in [5.74, 6) is -0.0812. The SMILES string of the molecule is CSc1c(C(F)(F)F)ccnc1N. The molecule has 6 heteroatoms. The molecule has 72 valence electrons. The third-order valence-electron chi connectivity index (χ3n) is 1.44. The molecular formula is C7H7F3N2S. The van der Waals surface area contributed by atoms with E-state index < -0.39 is 11.7 Å². The van der Waals surface area contributed by atoms with Gasteiger partial charge >= 0.3 is 6.18 Å². The van der Waals surface area contributed by atoms with Crippen molar-refractivity contribution in [3.63, 3.8) is 0 Å². The van der Waals surface area contributed by atoms with Crippen LogP contribution in [0, 0.1) is 0 Å². The molecule has 0 aromatic carbocycles. The summed E-state index contributed by atoms with van der Waals surface area (Å²) in [4.78, 5) is 3.56. The van der Waals surface area contributed by atoms with Crippen LogP contribution in [0.15, 0.2) is 17.2 Å². The number of nitrogen functional groups attached to an aromatic ring is 1. The Morgan fingerprint density at radius 2 is 2.08 bits per heavy atom. The Kier molecular flexibility index (Phi) is 2.70. The van der Waals surface area contributed by atoms with Crippen molar-refractivity contribution in [2.24, 2.45) is 0 Å². The molecule has 0 atom stereocenters. The number of alkyl halides is 3. The number of aromatic nitrogens is 1. The molecule has 0 unspecified atom stereocenters. The zero-order valence-electron chi connectivity index (χ0n) is 6.72. The van der Waals surface area contributed by atoms with Crippen molar-refractivity contribution < 1.29 is 13.2 Å². The van der Waals surface area contributed by atoms with Gasteiger partial charge in [-0.1, -0.05) is 0 Å². The van der Waals surface area contributed by atoms with E-state index in [1.165, 1.54) is 6.26 Å². The Morgan fingerprint density at radius 3 is 2.46 bits per heavy atom. The lowest BCUT2D eigenvalue weighted by Crippen LogP contribution is -2.09. The summed E-state index contributed by atoms with van der Waals surface area (Å²) in [5.41, 5.74) is 4.57. The predicted molar refractivity (Wildman–Crippen MR) is 45.4 cm³/mol. The highest BCUT2D eigenvalue weighted by Crippen LogP contribution is 2.37. The lowest BCUT2D eigenvalue weighted by atomic mass is 10.2. The van der Waals surface area contributed by atoms with Gasteiger partial charge < -0.3 is 5.73 Å². The van der Waals surface area contributed by atoms with Gasteiger partial charge in [-0.25, -0.2) is 4.98 Å². The molecule has 0 aliphatic rings. The molecule has 0 bridgehead atoms. The first-order valence-corrected chi connectivity index (χ1v) is 4.55. The van der Waals surface area contributed by atoms with Crippen LogP contribution in [0.2, 0.25) is 0 Å². The number of halogens is 3. The van der Waals surface area contributed by atoms with Gasteiger partial charge in [-0.05, 0) is 12.3 Å². The van der Waals surface area contributed by atoms with Gasteiger partial charge in [0.25, 0.3) is 0 Å². The van der Waals surface area contributed by atoms with Crippen molar-refractivity contribution in [2.45, 2.75) is 11.1 Å². The monoisotopic (exact) mass is 208 g/mol. The second-order valence-electron chi connectivity index (χ2n) is 2.27. The highest BCUT2D eigenvalue weighted by molar-refractivity contribution is 7.98. The van der Waals surface area contributed by atoms with E-state index in [1.54, 1.807) is 0 Å². The summed E-state index contributed by atoms with van der Waals surface area (Å²) < 4.78 is 37.0. The summed E-state index contributed by atoms with van der Waals surface area (Å²) in [5, 5.41) is 0. The molecule has 1 heterocycles. The van der Waals surface area contributed by atoms with Crippen LogP contribution in [0.5, 0.6) is 0 Å². The van der Waals surface area contributed by atoms with Crippen LogP contribution in [-0.2, 0) is 6.18 Å². The van der Waals surface area contributed by atoms with Gasteiger partial charge in [0.05, 0.1) is 10.5 Å². The first-order chi connectivity index (χ1) is 5.96. The number of nitrogens with zero attached hydrogens (tertiary/aromatic N) is 1. The highest BCUT2D eigenvalue weighted by Gasteiger charge is 2.34. The van der Waals surface area contributed by atoms with E-state index in [0.717, 1.165) is 24.0 Å². The Hall–Kier alpha value is -0.910. The summed E-state index contributed by atoms with van der Waals surface area (Å²) in [7, 11) is 0. The largest absolute Gasteiger partial charge is 0.417 e. The molecule has 0 radical (unpaired) electrons. The lowest BCUT2D eigenvalue weighted by molar-refractivity contribution is -0.139. The fourth-order valence-corrected chi connectivity index (χ4v) is 1.57. The Morgan fingerprint density at radius 1 is 1.46 bits per heavy atom. The average Bonchev–Trinajstić information content (AvgIpc) is 2.02. The van der Waals surface area contributed by atoms with E-state index in [9.17, 15) is 13.2 Å². The van der Waals surface area contributed by atoms with Gasteiger partial charge in [0.15, 0.2) is 0 Å². The van der Waals surface area contributed by atoms with Crippen LogP contribution in [0.3, 0.4) is 0 Å². The molecule has 1 aromatic heterocycles. The highest BCUT2D eigenvalue weighted by atomic mass is 32.2. The summed E-state index contributed by atoms with van der Waals surface area (Å²) in [6.45, 7) is 0. The number of thioether (sulfide) groups is 1. The second-order valence-corrected chi connectivity index (χ2v) is 3.09. The van der Waals surface area contributed by atoms with Crippen molar-refractivity contribution in [3.05, 3.63) is 17.8 Å². The minimum Gasteiger partial charge on any atom is -0.383 e. The standard InChI is InChI=1S/C7H7F3N2S/c1-13-5-4(7(8,9)10)2-3-12-6(5)11/h2-3H,1H3,(H2,11,12). The molecule has 0 saturated heterocycles. The van der Waals surface area contributed by atoms with Crippen molar-refractivity contribution >= 4 is 17.6 Å². The van der Waals surface area contributed by atoms with Crippen LogP contribution < -0.4 is 5.73 Å². The van der Waals surface area contributed by atoms with Gasteiger partial charge in [-0.2, -0.15) is 13.2 Å². The molecule has 1 rings (SSSR count). The number of anilines is 1. The minimum atomic E-state index is -4.37. The molecule has 2 N–H and O–H groups in total. The third kappa shape index (κ3) is 2.06. The normalized spacial score (nSPS) is 11.7. The first-order valence-electron chi connectivity index (χ1n) is 3.32. The molecule has 2 nitrogen and oxygen atoms in total. The molecule has 0 aliphatic heterocycles. The van der Waals surface area contributed by atoms with E-state index in [0.29, 0.717) is 0 Å². The molecule has 0 saturated carbocycles. The van der Waals surface area contributed by atoms with Crippen LogP contribution in [-0.4, -0.2) is 11.2 Å². The van der Waals surface area contributed by atoms with Gasteiger partial charge in [0.1, 0.15) is 5.82 Å². The predicted octanol–water partition coefficient (Wildman–Crippen LogP) is 2.40. The maximum atomic E-state index is 12.3. The molecule has 13 heavy (non-hydrogen) atoms. The summed E-state index contributed by atoms with van der Waals surface area (Å²) in [6.07, 6.45) is -1.78. The number of hydrogen-bond acceptors (Lipinski definition) is 3. The second kappa shape index (κ2) is 3.45. The average molecular weight is 208 g/mol. The Labute approximate surface area is 77.3 Å². The molecule has 0 aliphatic carbocycles. The lowest BCUT2D eigenvalue weighted by Gasteiger charge is -2.11. The number of nitrogens with two attached hydrogens (primary N) is 1. The van der Waals surface area contributed by atoms with Gasteiger partial charge in [0, 0.05) is 6.20 Å². The van der Waals surface area contributed by atoms with E-state index in [4.69, 9.17) is 5.73 Å². The number of rotatable bonds is 1. The van der Waals surface area contributed by atoms with E-state index in [2.05, 4.69) is 4.98 Å². The first kappa shape index (κ1) is 10.2. The molecule has 0 fully saturated rings. The topological polar surface area (TPSA) is 38.9 Å². The van der Waals surface area contributed by atoms with E-state index in [1.807, 2.05) is 0 Å². The van der Waals surface area contributed by atoms with Crippen LogP contribution in [0.4, 0.5) is 19.0 Å².